The fraction of sp³-hybridized carbons (Fsp3) is 0.500. The van der Waals surface area contributed by atoms with Crippen LogP contribution in [0.25, 0.3) is 0 Å². The van der Waals surface area contributed by atoms with Crippen LogP contribution in [0.4, 0.5) is 4.39 Å². The zero-order valence-corrected chi connectivity index (χ0v) is 10.9. The summed E-state index contributed by atoms with van der Waals surface area (Å²) >= 11 is 0. The minimum Gasteiger partial charge on any atom is -0.388 e. The molecule has 1 aromatic carbocycles. The molecular formula is C14H18FNO2. The number of aliphatic hydroxyl groups excluding tert-OH is 1. The largest absolute Gasteiger partial charge is 0.388 e. The van der Waals surface area contributed by atoms with E-state index in [0.717, 1.165) is 16.7 Å². The molecule has 0 bridgehead atoms. The highest BCUT2D eigenvalue weighted by molar-refractivity contribution is 5.97. The fourth-order valence-corrected chi connectivity index (χ4v) is 2.59. The SMILES string of the molecule is Cc1cc(C)c(C(=O)N2C[C@@H](O)[C@H](F)C2)c(C)c1. The first-order valence-electron chi connectivity index (χ1n) is 6.09. The Morgan fingerprint density at radius 2 is 1.83 bits per heavy atom. The molecule has 1 heterocycles. The minimum absolute atomic E-state index is 0.0211. The number of aliphatic hydroxyl groups is 1. The zero-order chi connectivity index (χ0) is 13.4. The van der Waals surface area contributed by atoms with Crippen molar-refractivity contribution >= 4 is 5.91 Å². The Morgan fingerprint density at radius 3 is 2.28 bits per heavy atom. The molecule has 0 saturated carbocycles. The summed E-state index contributed by atoms with van der Waals surface area (Å²) < 4.78 is 13.3. The van der Waals surface area contributed by atoms with Gasteiger partial charge in [0.05, 0.1) is 6.54 Å². The number of carbonyl (C=O) groups is 1. The molecule has 2 atom stereocenters. The number of halogens is 1. The molecule has 1 amide bonds. The number of β-amino-alcohol motifs (C(OH)–C–C–N with tert-alkyl or cyclic N) is 1. The molecule has 4 heteroatoms. The molecule has 2 rings (SSSR count). The van der Waals surface area contributed by atoms with E-state index in [1.54, 1.807) is 0 Å². The molecule has 0 spiro atoms. The van der Waals surface area contributed by atoms with E-state index in [0.29, 0.717) is 5.56 Å². The number of amides is 1. The zero-order valence-electron chi connectivity index (χ0n) is 10.9. The minimum atomic E-state index is -1.33. The fourth-order valence-electron chi connectivity index (χ4n) is 2.59. The summed E-state index contributed by atoms with van der Waals surface area (Å²) in [5.74, 6) is -0.191. The highest BCUT2D eigenvalue weighted by Crippen LogP contribution is 2.22. The number of carbonyl (C=O) groups excluding carboxylic acids is 1. The van der Waals surface area contributed by atoms with Gasteiger partial charge in [0.2, 0.25) is 0 Å². The Kier molecular flexibility index (Phi) is 3.39. The molecule has 18 heavy (non-hydrogen) atoms. The highest BCUT2D eigenvalue weighted by Gasteiger charge is 2.35. The maximum absolute atomic E-state index is 13.3. The summed E-state index contributed by atoms with van der Waals surface area (Å²) in [5, 5.41) is 9.38. The summed E-state index contributed by atoms with van der Waals surface area (Å²) in [6.07, 6.45) is -2.39. The summed E-state index contributed by atoms with van der Waals surface area (Å²) in [6.45, 7) is 5.80. The van der Waals surface area contributed by atoms with Gasteiger partial charge in [-0.25, -0.2) is 4.39 Å². The van der Waals surface area contributed by atoms with Crippen LogP contribution in [0, 0.1) is 20.8 Å². The van der Waals surface area contributed by atoms with Gasteiger partial charge in [-0.05, 0) is 31.9 Å². The van der Waals surface area contributed by atoms with Crippen LogP contribution in [0.15, 0.2) is 12.1 Å². The number of hydrogen-bond donors (Lipinski definition) is 1. The van der Waals surface area contributed by atoms with Crippen LogP contribution in [0.1, 0.15) is 27.0 Å². The number of benzene rings is 1. The summed E-state index contributed by atoms with van der Waals surface area (Å²) in [7, 11) is 0. The quantitative estimate of drug-likeness (QED) is 0.826. The van der Waals surface area contributed by atoms with Crippen LogP contribution in [0.5, 0.6) is 0 Å². The van der Waals surface area contributed by atoms with Crippen LogP contribution in [-0.2, 0) is 0 Å². The van der Waals surface area contributed by atoms with Crippen molar-refractivity contribution in [2.75, 3.05) is 13.1 Å². The number of nitrogens with zero attached hydrogens (tertiary/aromatic N) is 1. The molecule has 0 aliphatic carbocycles. The third-order valence-corrected chi connectivity index (χ3v) is 3.40. The Morgan fingerprint density at radius 1 is 1.28 bits per heavy atom. The van der Waals surface area contributed by atoms with E-state index < -0.39 is 12.3 Å². The molecule has 1 N–H and O–H groups in total. The van der Waals surface area contributed by atoms with Crippen molar-refractivity contribution in [2.24, 2.45) is 0 Å². The second kappa shape index (κ2) is 4.69. The average Bonchev–Trinajstić information content (AvgIpc) is 2.57. The number of likely N-dealkylation sites (tertiary alicyclic amines) is 1. The molecule has 0 unspecified atom stereocenters. The van der Waals surface area contributed by atoms with E-state index in [1.165, 1.54) is 4.90 Å². The van der Waals surface area contributed by atoms with Gasteiger partial charge in [-0.3, -0.25) is 4.79 Å². The van der Waals surface area contributed by atoms with Crippen molar-refractivity contribution in [3.63, 3.8) is 0 Å². The van der Waals surface area contributed by atoms with Gasteiger partial charge in [0.1, 0.15) is 12.3 Å². The predicted octanol–water partition coefficient (Wildman–Crippen LogP) is 1.77. The number of alkyl halides is 1. The van der Waals surface area contributed by atoms with Crippen LogP contribution in [0.2, 0.25) is 0 Å². The molecular weight excluding hydrogens is 233 g/mol. The van der Waals surface area contributed by atoms with Gasteiger partial charge in [0.25, 0.3) is 5.91 Å². The highest BCUT2D eigenvalue weighted by atomic mass is 19.1. The third-order valence-electron chi connectivity index (χ3n) is 3.40. The van der Waals surface area contributed by atoms with Gasteiger partial charge in [0.15, 0.2) is 0 Å². The monoisotopic (exact) mass is 251 g/mol. The van der Waals surface area contributed by atoms with Crippen LogP contribution in [0.3, 0.4) is 0 Å². The first kappa shape index (κ1) is 13.0. The van der Waals surface area contributed by atoms with Gasteiger partial charge in [-0.2, -0.15) is 0 Å². The average molecular weight is 251 g/mol. The van der Waals surface area contributed by atoms with Crippen molar-refractivity contribution in [3.05, 3.63) is 34.4 Å². The lowest BCUT2D eigenvalue weighted by atomic mass is 9.99. The molecule has 1 aromatic rings. The number of rotatable bonds is 1. The normalized spacial score (nSPS) is 23.5. The molecule has 98 valence electrons. The van der Waals surface area contributed by atoms with E-state index in [9.17, 15) is 14.3 Å². The second-order valence-corrected chi connectivity index (χ2v) is 5.07. The van der Waals surface area contributed by atoms with Crippen molar-refractivity contribution in [3.8, 4) is 0 Å². The maximum Gasteiger partial charge on any atom is 0.254 e. The Hall–Kier alpha value is -1.42. The molecule has 0 radical (unpaired) electrons. The first-order chi connectivity index (χ1) is 8.40. The van der Waals surface area contributed by atoms with Crippen molar-refractivity contribution in [2.45, 2.75) is 33.0 Å². The van der Waals surface area contributed by atoms with Gasteiger partial charge in [-0.15, -0.1) is 0 Å². The lowest BCUT2D eigenvalue weighted by molar-refractivity contribution is 0.0763. The Bertz CT molecular complexity index is 454. The topological polar surface area (TPSA) is 40.5 Å². The van der Waals surface area contributed by atoms with E-state index in [-0.39, 0.29) is 19.0 Å². The van der Waals surface area contributed by atoms with Crippen molar-refractivity contribution in [1.82, 2.24) is 4.90 Å². The molecule has 1 aliphatic heterocycles. The summed E-state index contributed by atoms with van der Waals surface area (Å²) in [6, 6.07) is 3.89. The van der Waals surface area contributed by atoms with Crippen molar-refractivity contribution in [1.29, 1.82) is 0 Å². The molecule has 1 fully saturated rings. The lowest BCUT2D eigenvalue weighted by Crippen LogP contribution is -2.30. The van der Waals surface area contributed by atoms with Crippen LogP contribution in [-0.4, -0.2) is 41.3 Å². The van der Waals surface area contributed by atoms with Crippen LogP contribution >= 0.6 is 0 Å². The smallest absolute Gasteiger partial charge is 0.254 e. The van der Waals surface area contributed by atoms with Gasteiger partial charge >= 0.3 is 0 Å². The molecule has 3 nitrogen and oxygen atoms in total. The van der Waals surface area contributed by atoms with E-state index in [4.69, 9.17) is 0 Å². The Labute approximate surface area is 106 Å². The van der Waals surface area contributed by atoms with E-state index >= 15 is 0 Å². The van der Waals surface area contributed by atoms with Gasteiger partial charge in [0, 0.05) is 12.1 Å². The summed E-state index contributed by atoms with van der Waals surface area (Å²) in [4.78, 5) is 13.7. The second-order valence-electron chi connectivity index (χ2n) is 5.07. The first-order valence-corrected chi connectivity index (χ1v) is 6.09. The van der Waals surface area contributed by atoms with E-state index in [1.807, 2.05) is 32.9 Å². The number of aryl methyl sites for hydroxylation is 3. The third kappa shape index (κ3) is 2.25. The van der Waals surface area contributed by atoms with Gasteiger partial charge in [-0.1, -0.05) is 17.7 Å². The van der Waals surface area contributed by atoms with Gasteiger partial charge < -0.3 is 10.0 Å². The molecule has 0 aromatic heterocycles. The number of hydrogen-bond acceptors (Lipinski definition) is 2. The molecule has 1 saturated heterocycles. The maximum atomic E-state index is 13.3. The van der Waals surface area contributed by atoms with Crippen LogP contribution < -0.4 is 0 Å². The molecule has 1 aliphatic rings. The summed E-state index contributed by atoms with van der Waals surface area (Å²) in [5.41, 5.74) is 3.52. The van der Waals surface area contributed by atoms with Crippen molar-refractivity contribution < 1.29 is 14.3 Å². The predicted molar refractivity (Wildman–Crippen MR) is 67.5 cm³/mol. The Balaban J connectivity index is 2.30. The standard InChI is InChI=1S/C14H18FNO2/c1-8-4-9(2)13(10(3)5-8)14(18)16-6-11(15)12(17)7-16/h4-5,11-12,17H,6-7H2,1-3H3/t11-,12-/m1/s1. The van der Waals surface area contributed by atoms with E-state index in [2.05, 4.69) is 0 Å². The lowest BCUT2D eigenvalue weighted by Gasteiger charge is -2.18.